The minimum Gasteiger partial charge on any atom is -0.394 e. The number of nitrogens with zero attached hydrogens (tertiary/aromatic N) is 8. The number of aryl methyl sites for hydroxylation is 2. The van der Waals surface area contributed by atoms with Crippen molar-refractivity contribution in [3.05, 3.63) is 54.4 Å². The topological polar surface area (TPSA) is 130 Å². The lowest BCUT2D eigenvalue weighted by atomic mass is 10.2. The largest absolute Gasteiger partial charge is 0.394 e. The van der Waals surface area contributed by atoms with Gasteiger partial charge in [-0.3, -0.25) is 24.0 Å². The van der Waals surface area contributed by atoms with Gasteiger partial charge in [0.05, 0.1) is 58.9 Å². The maximum atomic E-state index is 12.9. The predicted octanol–water partition coefficient (Wildman–Crippen LogP) is 2.74. The number of nitrogens with one attached hydrogen (secondary N) is 2. The van der Waals surface area contributed by atoms with Crippen LogP contribution in [0.3, 0.4) is 0 Å². The number of hydrogen-bond acceptors (Lipinski definition) is 8. The van der Waals surface area contributed by atoms with Crippen molar-refractivity contribution in [1.29, 1.82) is 0 Å². The summed E-state index contributed by atoms with van der Waals surface area (Å²) in [6, 6.07) is 4.45. The molecule has 6 rings (SSSR count). The number of fused-ring (bicyclic) bond motifs is 3. The smallest absolute Gasteiger partial charge is 0.252 e. The molecule has 5 aromatic rings. The van der Waals surface area contributed by atoms with E-state index < -0.39 is 0 Å². The summed E-state index contributed by atoms with van der Waals surface area (Å²) in [5.41, 5.74) is 5.72. The molecule has 3 N–H and O–H groups in total. The molecule has 1 aliphatic heterocycles. The van der Waals surface area contributed by atoms with E-state index in [0.717, 1.165) is 46.3 Å². The van der Waals surface area contributed by atoms with Crippen LogP contribution in [0.1, 0.15) is 35.8 Å². The van der Waals surface area contributed by atoms with Gasteiger partial charge in [-0.15, -0.1) is 0 Å². The second-order valence-corrected chi connectivity index (χ2v) is 10.4. The molecular weight excluding hydrogens is 508 g/mol. The molecule has 1 saturated heterocycles. The quantitative estimate of drug-likeness (QED) is 0.259. The van der Waals surface area contributed by atoms with E-state index in [2.05, 4.69) is 43.7 Å². The lowest BCUT2D eigenvalue weighted by Crippen LogP contribution is -2.36. The van der Waals surface area contributed by atoms with E-state index in [-0.39, 0.29) is 12.5 Å². The highest BCUT2D eigenvalue weighted by Crippen LogP contribution is 2.31. The third-order valence-electron chi connectivity index (χ3n) is 7.71. The van der Waals surface area contributed by atoms with Gasteiger partial charge in [-0.25, -0.2) is 4.52 Å². The second kappa shape index (κ2) is 10.7. The first-order valence-corrected chi connectivity index (χ1v) is 13.6. The van der Waals surface area contributed by atoms with Gasteiger partial charge < -0.3 is 15.7 Å². The number of anilines is 2. The van der Waals surface area contributed by atoms with Crippen LogP contribution in [0.15, 0.2) is 43.1 Å². The molecule has 0 unspecified atom stereocenters. The zero-order valence-electron chi connectivity index (χ0n) is 23.0. The number of hydrogen-bond donors (Lipinski definition) is 3. The highest BCUT2D eigenvalue weighted by Gasteiger charge is 2.20. The first-order chi connectivity index (χ1) is 19.4. The van der Waals surface area contributed by atoms with Crippen LogP contribution in [0.25, 0.3) is 27.5 Å². The number of rotatable bonds is 9. The highest BCUT2D eigenvalue weighted by molar-refractivity contribution is 6.01. The van der Waals surface area contributed by atoms with E-state index >= 15 is 0 Å². The van der Waals surface area contributed by atoms with Crippen molar-refractivity contribution in [2.24, 2.45) is 7.05 Å². The molecule has 0 radical (unpaired) electrons. The number of aromatic nitrogens is 7. The Morgan fingerprint density at radius 1 is 1.12 bits per heavy atom. The second-order valence-electron chi connectivity index (χ2n) is 10.4. The SMILES string of the molecule is Cc1ncc(C(=O)NCCN2CCC[C@@H]2C)cc1Nc1nn(C)c2c1cnn1cc(-c3cnn(CCO)c3)cc21. The fraction of sp³-hybridized carbons (Fsp3) is 0.393. The van der Waals surface area contributed by atoms with Crippen LogP contribution in [-0.4, -0.2) is 82.4 Å². The Hall–Kier alpha value is -4.29. The van der Waals surface area contributed by atoms with Crippen LogP contribution in [0.5, 0.6) is 0 Å². The molecule has 12 heteroatoms. The van der Waals surface area contributed by atoms with Gasteiger partial charge in [0, 0.05) is 55.9 Å². The van der Waals surface area contributed by atoms with Crippen LogP contribution in [0.2, 0.25) is 0 Å². The van der Waals surface area contributed by atoms with Crippen molar-refractivity contribution in [3.8, 4) is 11.1 Å². The van der Waals surface area contributed by atoms with Gasteiger partial charge >= 0.3 is 0 Å². The molecule has 0 spiro atoms. The van der Waals surface area contributed by atoms with Crippen molar-refractivity contribution in [3.63, 3.8) is 0 Å². The molecule has 12 nitrogen and oxygen atoms in total. The average Bonchev–Trinajstić information content (AvgIpc) is 3.72. The molecule has 0 saturated carbocycles. The number of aliphatic hydroxyl groups is 1. The molecule has 40 heavy (non-hydrogen) atoms. The Labute approximate surface area is 231 Å². The summed E-state index contributed by atoms with van der Waals surface area (Å²) < 4.78 is 5.37. The number of aliphatic hydroxyl groups excluding tert-OH is 1. The Balaban J connectivity index is 1.23. The van der Waals surface area contributed by atoms with Gasteiger partial charge in [0.1, 0.15) is 0 Å². The third kappa shape index (κ3) is 4.91. The Morgan fingerprint density at radius 3 is 2.80 bits per heavy atom. The summed E-state index contributed by atoms with van der Waals surface area (Å²) >= 11 is 0. The maximum absolute atomic E-state index is 12.9. The molecule has 5 aromatic heterocycles. The van der Waals surface area contributed by atoms with E-state index in [1.807, 2.05) is 41.6 Å². The zero-order valence-corrected chi connectivity index (χ0v) is 23.0. The average molecular weight is 543 g/mol. The van der Waals surface area contributed by atoms with Crippen molar-refractivity contribution < 1.29 is 9.90 Å². The molecule has 6 heterocycles. The number of carbonyl (C=O) groups is 1. The molecule has 1 amide bonds. The number of pyridine rings is 1. The maximum Gasteiger partial charge on any atom is 0.252 e. The van der Waals surface area contributed by atoms with Gasteiger partial charge in [-0.05, 0) is 45.4 Å². The van der Waals surface area contributed by atoms with Crippen LogP contribution in [0.4, 0.5) is 11.5 Å². The highest BCUT2D eigenvalue weighted by atomic mass is 16.3. The molecule has 0 aromatic carbocycles. The van der Waals surface area contributed by atoms with Gasteiger partial charge in [0.15, 0.2) is 5.82 Å². The van der Waals surface area contributed by atoms with Crippen LogP contribution < -0.4 is 10.6 Å². The van der Waals surface area contributed by atoms with Gasteiger partial charge in [-0.2, -0.15) is 15.3 Å². The summed E-state index contributed by atoms with van der Waals surface area (Å²) in [6.45, 7) is 7.17. The molecule has 0 aliphatic carbocycles. The third-order valence-corrected chi connectivity index (χ3v) is 7.71. The van der Waals surface area contributed by atoms with Crippen LogP contribution in [0, 0.1) is 6.92 Å². The normalized spacial score (nSPS) is 15.8. The zero-order chi connectivity index (χ0) is 27.8. The van der Waals surface area contributed by atoms with Gasteiger partial charge in [0.25, 0.3) is 5.91 Å². The number of amides is 1. The first kappa shape index (κ1) is 26.0. The summed E-state index contributed by atoms with van der Waals surface area (Å²) in [7, 11) is 1.90. The fourth-order valence-electron chi connectivity index (χ4n) is 5.45. The number of likely N-dealkylation sites (tertiary alicyclic amines) is 1. The number of carbonyl (C=O) groups excluding carboxylic acids is 1. The molecule has 1 atom stereocenters. The fourth-order valence-corrected chi connectivity index (χ4v) is 5.45. The van der Waals surface area contributed by atoms with E-state index in [0.29, 0.717) is 36.2 Å². The van der Waals surface area contributed by atoms with Crippen molar-refractivity contribution >= 4 is 33.8 Å². The summed E-state index contributed by atoms with van der Waals surface area (Å²) in [4.78, 5) is 19.8. The summed E-state index contributed by atoms with van der Waals surface area (Å²) in [6.07, 6.45) is 11.5. The summed E-state index contributed by atoms with van der Waals surface area (Å²) in [5.74, 6) is 0.496. The lowest BCUT2D eigenvalue weighted by molar-refractivity contribution is 0.0947. The lowest BCUT2D eigenvalue weighted by Gasteiger charge is -2.20. The standard InChI is InChI=1S/C28H34N10O2/c1-18-5-4-7-36(18)8-6-29-28(40)20-11-24(19(2)30-13-20)33-27-23-15-32-38-17-21(12-25(38)26(23)35(3)34-27)22-14-31-37(16-22)9-10-39/h11-18,39H,4-10H2,1-3H3,(H,29,40)(H,33,34)/t18-/m0/s1. The minimum atomic E-state index is -0.139. The Kier molecular flexibility index (Phi) is 6.95. The predicted molar refractivity (Wildman–Crippen MR) is 153 cm³/mol. The van der Waals surface area contributed by atoms with Gasteiger partial charge in [-0.1, -0.05) is 0 Å². The molecule has 0 bridgehead atoms. The molecule has 1 fully saturated rings. The van der Waals surface area contributed by atoms with E-state index in [1.54, 1.807) is 23.3 Å². The van der Waals surface area contributed by atoms with Gasteiger partial charge in [0.2, 0.25) is 0 Å². The van der Waals surface area contributed by atoms with Crippen LogP contribution in [-0.2, 0) is 13.6 Å². The first-order valence-electron chi connectivity index (χ1n) is 13.6. The monoisotopic (exact) mass is 542 g/mol. The van der Waals surface area contributed by atoms with E-state index in [9.17, 15) is 9.90 Å². The Morgan fingerprint density at radius 2 is 2.00 bits per heavy atom. The minimum absolute atomic E-state index is 0.0342. The molecule has 1 aliphatic rings. The van der Waals surface area contributed by atoms with E-state index in [1.165, 1.54) is 12.8 Å². The van der Waals surface area contributed by atoms with Crippen LogP contribution >= 0.6 is 0 Å². The molecule has 208 valence electrons. The van der Waals surface area contributed by atoms with Crippen molar-refractivity contribution in [1.82, 2.24) is 44.4 Å². The van der Waals surface area contributed by atoms with E-state index in [4.69, 9.17) is 5.10 Å². The summed E-state index contributed by atoms with van der Waals surface area (Å²) in [5, 5.41) is 30.1. The van der Waals surface area contributed by atoms with Crippen molar-refractivity contribution in [2.75, 3.05) is 31.6 Å². The van der Waals surface area contributed by atoms with Crippen molar-refractivity contribution in [2.45, 2.75) is 39.3 Å². The Bertz CT molecular complexity index is 1680. The molecular formula is C28H34N10O2.